The lowest BCUT2D eigenvalue weighted by atomic mass is 10.2. The van der Waals surface area contributed by atoms with Crippen molar-refractivity contribution in [2.75, 3.05) is 31.6 Å². The summed E-state index contributed by atoms with van der Waals surface area (Å²) >= 11 is 0. The van der Waals surface area contributed by atoms with Crippen LogP contribution in [0.4, 0.5) is 5.69 Å². The maximum absolute atomic E-state index is 5.78. The van der Waals surface area contributed by atoms with Gasteiger partial charge in [0.2, 0.25) is 0 Å². The van der Waals surface area contributed by atoms with Crippen LogP contribution in [-0.4, -0.2) is 43.3 Å². The monoisotopic (exact) mass is 234 g/mol. The van der Waals surface area contributed by atoms with Crippen molar-refractivity contribution in [1.82, 2.24) is 4.90 Å². The predicted molar refractivity (Wildman–Crippen MR) is 71.4 cm³/mol. The first-order chi connectivity index (χ1) is 8.25. The van der Waals surface area contributed by atoms with Crippen molar-refractivity contribution >= 4 is 5.69 Å². The third-order valence-corrected chi connectivity index (χ3v) is 3.21. The number of ether oxygens (including phenoxy) is 1. The minimum absolute atomic E-state index is 0.298. The van der Waals surface area contributed by atoms with Crippen LogP contribution in [-0.2, 0) is 4.74 Å². The third kappa shape index (κ3) is 3.72. The van der Waals surface area contributed by atoms with Crippen molar-refractivity contribution in [3.05, 3.63) is 30.3 Å². The molecule has 1 atom stereocenters. The Balaban J connectivity index is 1.79. The molecule has 0 spiro atoms. The van der Waals surface area contributed by atoms with E-state index in [9.17, 15) is 0 Å². The SMILES string of the molecule is CC(C)N1CCOC(CNc2ccccc2)C1. The molecule has 3 nitrogen and oxygen atoms in total. The van der Waals surface area contributed by atoms with Crippen molar-refractivity contribution in [1.29, 1.82) is 0 Å². The first-order valence-corrected chi connectivity index (χ1v) is 6.40. The quantitative estimate of drug-likeness (QED) is 0.864. The summed E-state index contributed by atoms with van der Waals surface area (Å²) in [7, 11) is 0. The van der Waals surface area contributed by atoms with Gasteiger partial charge in [0.15, 0.2) is 0 Å². The Bertz CT molecular complexity index is 326. The number of morpholine rings is 1. The minimum atomic E-state index is 0.298. The number of nitrogens with one attached hydrogen (secondary N) is 1. The highest BCUT2D eigenvalue weighted by Crippen LogP contribution is 2.11. The standard InChI is InChI=1S/C14H22N2O/c1-12(2)16-8-9-17-14(11-16)10-15-13-6-4-3-5-7-13/h3-7,12,14-15H,8-11H2,1-2H3. The van der Waals surface area contributed by atoms with Crippen LogP contribution in [0.1, 0.15) is 13.8 Å². The molecule has 1 aromatic rings. The molecule has 0 amide bonds. The molecule has 0 aromatic heterocycles. The average Bonchev–Trinajstić information content (AvgIpc) is 2.38. The van der Waals surface area contributed by atoms with Gasteiger partial charge in [0, 0.05) is 31.4 Å². The van der Waals surface area contributed by atoms with Crippen molar-refractivity contribution in [2.24, 2.45) is 0 Å². The Hall–Kier alpha value is -1.06. The number of rotatable bonds is 4. The molecule has 3 heteroatoms. The lowest BCUT2D eigenvalue weighted by Crippen LogP contribution is -2.48. The number of hydrogen-bond acceptors (Lipinski definition) is 3. The van der Waals surface area contributed by atoms with Gasteiger partial charge in [-0.25, -0.2) is 0 Å². The molecule has 1 heterocycles. The summed E-state index contributed by atoms with van der Waals surface area (Å²) in [6, 6.07) is 10.9. The fourth-order valence-electron chi connectivity index (χ4n) is 2.12. The smallest absolute Gasteiger partial charge is 0.0874 e. The van der Waals surface area contributed by atoms with Gasteiger partial charge in [-0.15, -0.1) is 0 Å². The van der Waals surface area contributed by atoms with Crippen LogP contribution < -0.4 is 5.32 Å². The Morgan fingerprint density at radius 2 is 2.12 bits per heavy atom. The molecule has 17 heavy (non-hydrogen) atoms. The van der Waals surface area contributed by atoms with E-state index >= 15 is 0 Å². The molecule has 1 aliphatic rings. The van der Waals surface area contributed by atoms with Crippen LogP contribution in [0.25, 0.3) is 0 Å². The summed E-state index contributed by atoms with van der Waals surface area (Å²) in [4.78, 5) is 2.47. The van der Waals surface area contributed by atoms with E-state index in [1.807, 2.05) is 18.2 Å². The first-order valence-electron chi connectivity index (χ1n) is 6.40. The van der Waals surface area contributed by atoms with E-state index in [2.05, 4.69) is 36.2 Å². The average molecular weight is 234 g/mol. The van der Waals surface area contributed by atoms with E-state index in [-0.39, 0.29) is 0 Å². The molecule has 0 aliphatic carbocycles. The van der Waals surface area contributed by atoms with E-state index in [1.165, 1.54) is 0 Å². The maximum atomic E-state index is 5.78. The van der Waals surface area contributed by atoms with Gasteiger partial charge in [-0.3, -0.25) is 4.90 Å². The van der Waals surface area contributed by atoms with Gasteiger partial charge in [-0.05, 0) is 26.0 Å². The molecule has 94 valence electrons. The van der Waals surface area contributed by atoms with Gasteiger partial charge < -0.3 is 10.1 Å². The molecule has 1 saturated heterocycles. The van der Waals surface area contributed by atoms with Crippen LogP contribution in [0.5, 0.6) is 0 Å². The highest BCUT2D eigenvalue weighted by molar-refractivity contribution is 5.42. The molecular formula is C14H22N2O. The Kier molecular flexibility index (Phi) is 4.40. The minimum Gasteiger partial charge on any atom is -0.382 e. The number of para-hydroxylation sites is 1. The lowest BCUT2D eigenvalue weighted by Gasteiger charge is -2.35. The maximum Gasteiger partial charge on any atom is 0.0874 e. The number of anilines is 1. The van der Waals surface area contributed by atoms with Gasteiger partial charge in [0.1, 0.15) is 0 Å². The molecule has 1 fully saturated rings. The normalized spacial score (nSPS) is 21.7. The van der Waals surface area contributed by atoms with E-state index in [0.717, 1.165) is 31.9 Å². The molecule has 0 saturated carbocycles. The molecule has 0 radical (unpaired) electrons. The predicted octanol–water partition coefficient (Wildman–Crippen LogP) is 2.21. The highest BCUT2D eigenvalue weighted by atomic mass is 16.5. The number of hydrogen-bond donors (Lipinski definition) is 1. The number of nitrogens with zero attached hydrogens (tertiary/aromatic N) is 1. The van der Waals surface area contributed by atoms with Crippen LogP contribution in [0.3, 0.4) is 0 Å². The second-order valence-corrected chi connectivity index (χ2v) is 4.83. The van der Waals surface area contributed by atoms with Crippen molar-refractivity contribution in [3.8, 4) is 0 Å². The van der Waals surface area contributed by atoms with E-state index in [0.29, 0.717) is 12.1 Å². The van der Waals surface area contributed by atoms with E-state index < -0.39 is 0 Å². The second-order valence-electron chi connectivity index (χ2n) is 4.83. The summed E-state index contributed by atoms with van der Waals surface area (Å²) in [6.45, 7) is 8.30. The fraction of sp³-hybridized carbons (Fsp3) is 0.571. The van der Waals surface area contributed by atoms with Crippen molar-refractivity contribution in [3.63, 3.8) is 0 Å². The largest absolute Gasteiger partial charge is 0.382 e. The van der Waals surface area contributed by atoms with Crippen LogP contribution in [0.2, 0.25) is 0 Å². The number of benzene rings is 1. The zero-order chi connectivity index (χ0) is 12.1. The zero-order valence-corrected chi connectivity index (χ0v) is 10.7. The van der Waals surface area contributed by atoms with Gasteiger partial charge in [0.05, 0.1) is 12.7 Å². The summed E-state index contributed by atoms with van der Waals surface area (Å²) < 4.78 is 5.78. The molecule has 1 unspecified atom stereocenters. The van der Waals surface area contributed by atoms with Crippen LogP contribution in [0.15, 0.2) is 30.3 Å². The molecule has 0 bridgehead atoms. The fourth-order valence-corrected chi connectivity index (χ4v) is 2.12. The van der Waals surface area contributed by atoms with Crippen molar-refractivity contribution in [2.45, 2.75) is 26.0 Å². The Labute approximate surface area is 104 Å². The first kappa shape index (κ1) is 12.4. The highest BCUT2D eigenvalue weighted by Gasteiger charge is 2.21. The lowest BCUT2D eigenvalue weighted by molar-refractivity contribution is -0.0315. The zero-order valence-electron chi connectivity index (χ0n) is 10.7. The Morgan fingerprint density at radius 1 is 1.35 bits per heavy atom. The van der Waals surface area contributed by atoms with E-state index in [1.54, 1.807) is 0 Å². The summed E-state index contributed by atoms with van der Waals surface area (Å²) in [5, 5.41) is 3.42. The molecule has 1 aromatic carbocycles. The van der Waals surface area contributed by atoms with E-state index in [4.69, 9.17) is 4.74 Å². The van der Waals surface area contributed by atoms with Crippen LogP contribution in [0, 0.1) is 0 Å². The topological polar surface area (TPSA) is 24.5 Å². The van der Waals surface area contributed by atoms with Crippen LogP contribution >= 0.6 is 0 Å². The van der Waals surface area contributed by atoms with Gasteiger partial charge >= 0.3 is 0 Å². The molecular weight excluding hydrogens is 212 g/mol. The molecule has 1 N–H and O–H groups in total. The second kappa shape index (κ2) is 6.03. The van der Waals surface area contributed by atoms with Gasteiger partial charge in [-0.2, -0.15) is 0 Å². The summed E-state index contributed by atoms with van der Waals surface area (Å²) in [5.74, 6) is 0. The van der Waals surface area contributed by atoms with Crippen molar-refractivity contribution < 1.29 is 4.74 Å². The summed E-state index contributed by atoms with van der Waals surface area (Å²) in [5.41, 5.74) is 1.16. The third-order valence-electron chi connectivity index (χ3n) is 3.21. The van der Waals surface area contributed by atoms with Gasteiger partial charge in [-0.1, -0.05) is 18.2 Å². The summed E-state index contributed by atoms with van der Waals surface area (Å²) in [6.07, 6.45) is 0.298. The molecule has 1 aliphatic heterocycles. The van der Waals surface area contributed by atoms with Gasteiger partial charge in [0.25, 0.3) is 0 Å². The Morgan fingerprint density at radius 3 is 2.82 bits per heavy atom. The molecule has 2 rings (SSSR count).